The lowest BCUT2D eigenvalue weighted by molar-refractivity contribution is -0.141. The van der Waals surface area contributed by atoms with Crippen LogP contribution in [0.3, 0.4) is 0 Å². The monoisotopic (exact) mass is 230 g/mol. The van der Waals surface area contributed by atoms with Gasteiger partial charge in [0.1, 0.15) is 6.10 Å². The Morgan fingerprint density at radius 2 is 1.65 bits per heavy atom. The highest BCUT2D eigenvalue weighted by molar-refractivity contribution is 5.91. The zero-order chi connectivity index (χ0) is 12.2. The van der Waals surface area contributed by atoms with Crippen LogP contribution in [0.5, 0.6) is 0 Å². The number of rotatable bonds is 0. The number of hydrogen-bond acceptors (Lipinski definition) is 2. The van der Waals surface area contributed by atoms with E-state index in [1.54, 1.807) is 0 Å². The molecular formula is C15H18O2. The van der Waals surface area contributed by atoms with Crippen LogP contribution in [0, 0.1) is 17.8 Å². The molecule has 90 valence electrons. The van der Waals surface area contributed by atoms with Gasteiger partial charge < -0.3 is 4.74 Å². The number of fused-ring (bicyclic) bond motifs is 3. The fourth-order valence-electron chi connectivity index (χ4n) is 3.71. The molecular weight excluding hydrogens is 212 g/mol. The van der Waals surface area contributed by atoms with Crippen molar-refractivity contribution in [1.29, 1.82) is 0 Å². The van der Waals surface area contributed by atoms with Crippen molar-refractivity contribution in [2.24, 2.45) is 17.8 Å². The summed E-state index contributed by atoms with van der Waals surface area (Å²) in [6.07, 6.45) is 4.09. The molecule has 2 saturated carbocycles. The molecule has 0 aromatic heterocycles. The van der Waals surface area contributed by atoms with Gasteiger partial charge in [-0.25, -0.2) is 4.79 Å². The second-order valence-electron chi connectivity index (χ2n) is 5.53. The summed E-state index contributed by atoms with van der Waals surface area (Å²) in [7, 11) is 0. The van der Waals surface area contributed by atoms with Crippen LogP contribution in [0.4, 0.5) is 0 Å². The fraction of sp³-hybridized carbons (Fsp3) is 0.533. The van der Waals surface area contributed by atoms with Gasteiger partial charge in [0.25, 0.3) is 0 Å². The van der Waals surface area contributed by atoms with E-state index in [1.807, 2.05) is 0 Å². The van der Waals surface area contributed by atoms with Gasteiger partial charge in [-0.3, -0.25) is 0 Å². The lowest BCUT2D eigenvalue weighted by Gasteiger charge is -2.26. The lowest BCUT2D eigenvalue weighted by Crippen LogP contribution is -2.28. The van der Waals surface area contributed by atoms with Gasteiger partial charge in [-0.1, -0.05) is 30.9 Å². The Hall–Kier alpha value is -1.31. The van der Waals surface area contributed by atoms with E-state index >= 15 is 0 Å². The largest absolute Gasteiger partial charge is 0.458 e. The standard InChI is InChI=1S/C15H18O2/c1-8-4-7-12-10(3)15(16)17-14(12)13-9(2)5-6-11(8)13/h11-14H,1-7H2/t11-,12+,13-,14+/m0/s1. The molecule has 4 atom stereocenters. The van der Waals surface area contributed by atoms with E-state index in [0.717, 1.165) is 25.7 Å². The van der Waals surface area contributed by atoms with Crippen molar-refractivity contribution < 1.29 is 9.53 Å². The third kappa shape index (κ3) is 1.43. The van der Waals surface area contributed by atoms with Crippen LogP contribution < -0.4 is 0 Å². The molecule has 2 heteroatoms. The summed E-state index contributed by atoms with van der Waals surface area (Å²) in [6, 6.07) is 0. The van der Waals surface area contributed by atoms with Crippen molar-refractivity contribution in [3.05, 3.63) is 36.5 Å². The van der Waals surface area contributed by atoms with Gasteiger partial charge in [0.15, 0.2) is 0 Å². The minimum Gasteiger partial charge on any atom is -0.458 e. The summed E-state index contributed by atoms with van der Waals surface area (Å²) in [5.74, 6) is 0.740. The second-order valence-corrected chi connectivity index (χ2v) is 5.53. The first-order chi connectivity index (χ1) is 8.09. The number of carbonyl (C=O) groups is 1. The second kappa shape index (κ2) is 3.59. The van der Waals surface area contributed by atoms with Crippen molar-refractivity contribution in [2.45, 2.75) is 31.8 Å². The Bertz CT molecular complexity index is 432. The molecule has 3 rings (SSSR count). The molecule has 1 saturated heterocycles. The summed E-state index contributed by atoms with van der Waals surface area (Å²) >= 11 is 0. The van der Waals surface area contributed by atoms with Crippen LogP contribution in [-0.4, -0.2) is 12.1 Å². The first-order valence-corrected chi connectivity index (χ1v) is 6.34. The zero-order valence-corrected chi connectivity index (χ0v) is 10.1. The van der Waals surface area contributed by atoms with Crippen LogP contribution in [-0.2, 0) is 9.53 Å². The van der Waals surface area contributed by atoms with E-state index in [1.165, 1.54) is 11.1 Å². The van der Waals surface area contributed by atoms with E-state index in [9.17, 15) is 4.79 Å². The lowest BCUT2D eigenvalue weighted by atomic mass is 9.82. The number of esters is 1. The summed E-state index contributed by atoms with van der Waals surface area (Å²) in [6.45, 7) is 12.3. The molecule has 0 amide bonds. The van der Waals surface area contributed by atoms with Crippen LogP contribution in [0.25, 0.3) is 0 Å². The molecule has 1 aliphatic heterocycles. The van der Waals surface area contributed by atoms with E-state index in [-0.39, 0.29) is 23.9 Å². The zero-order valence-electron chi connectivity index (χ0n) is 10.1. The Kier molecular flexibility index (Phi) is 2.29. The molecule has 3 fully saturated rings. The summed E-state index contributed by atoms with van der Waals surface area (Å²) in [5.41, 5.74) is 3.20. The first-order valence-electron chi connectivity index (χ1n) is 6.34. The minimum atomic E-state index is -0.203. The summed E-state index contributed by atoms with van der Waals surface area (Å²) < 4.78 is 5.55. The third-order valence-electron chi connectivity index (χ3n) is 4.69. The molecule has 3 aliphatic rings. The first kappa shape index (κ1) is 10.8. The molecule has 2 nitrogen and oxygen atoms in total. The maximum atomic E-state index is 11.7. The molecule has 2 aliphatic carbocycles. The van der Waals surface area contributed by atoms with Gasteiger partial charge in [0, 0.05) is 17.4 Å². The van der Waals surface area contributed by atoms with Crippen molar-refractivity contribution in [3.63, 3.8) is 0 Å². The van der Waals surface area contributed by atoms with Crippen LogP contribution >= 0.6 is 0 Å². The topological polar surface area (TPSA) is 26.3 Å². The Labute approximate surface area is 102 Å². The van der Waals surface area contributed by atoms with Gasteiger partial charge in [-0.2, -0.15) is 0 Å². The average Bonchev–Trinajstić information content (AvgIpc) is 2.75. The number of allylic oxidation sites excluding steroid dienone is 1. The Morgan fingerprint density at radius 3 is 2.41 bits per heavy atom. The van der Waals surface area contributed by atoms with Gasteiger partial charge in [-0.05, 0) is 31.6 Å². The fourth-order valence-corrected chi connectivity index (χ4v) is 3.71. The van der Waals surface area contributed by atoms with Gasteiger partial charge in [-0.15, -0.1) is 0 Å². The smallest absolute Gasteiger partial charge is 0.334 e. The highest BCUT2D eigenvalue weighted by Crippen LogP contribution is 2.51. The highest BCUT2D eigenvalue weighted by Gasteiger charge is 2.50. The highest BCUT2D eigenvalue weighted by atomic mass is 16.6. The maximum Gasteiger partial charge on any atom is 0.334 e. The number of ether oxygens (including phenoxy) is 1. The Morgan fingerprint density at radius 1 is 1.00 bits per heavy atom. The predicted octanol–water partition coefficient (Wildman–Crippen LogP) is 3.02. The SMILES string of the molecule is C=C1CC[C@H]2C(=C)CC[C@@H]3C(=C)C(=O)O[C@H]3[C@@H]12. The van der Waals surface area contributed by atoms with Crippen LogP contribution in [0.15, 0.2) is 36.5 Å². The summed E-state index contributed by atoms with van der Waals surface area (Å²) in [5, 5.41) is 0. The molecule has 0 aromatic carbocycles. The van der Waals surface area contributed by atoms with E-state index < -0.39 is 0 Å². The van der Waals surface area contributed by atoms with E-state index in [0.29, 0.717) is 11.5 Å². The molecule has 0 unspecified atom stereocenters. The molecule has 0 aromatic rings. The number of carbonyl (C=O) groups excluding carboxylic acids is 1. The van der Waals surface area contributed by atoms with Crippen molar-refractivity contribution in [2.75, 3.05) is 0 Å². The van der Waals surface area contributed by atoms with Crippen LogP contribution in [0.1, 0.15) is 25.7 Å². The van der Waals surface area contributed by atoms with Crippen molar-refractivity contribution in [3.8, 4) is 0 Å². The quantitative estimate of drug-likeness (QED) is 0.363. The molecule has 17 heavy (non-hydrogen) atoms. The molecule has 1 heterocycles. The minimum absolute atomic E-state index is 0.0192. The molecule has 0 N–H and O–H groups in total. The average molecular weight is 230 g/mol. The van der Waals surface area contributed by atoms with Gasteiger partial charge >= 0.3 is 5.97 Å². The molecule has 0 radical (unpaired) electrons. The van der Waals surface area contributed by atoms with Crippen LogP contribution in [0.2, 0.25) is 0 Å². The van der Waals surface area contributed by atoms with Crippen molar-refractivity contribution >= 4 is 5.97 Å². The normalized spacial score (nSPS) is 40.9. The molecule has 0 spiro atoms. The third-order valence-corrected chi connectivity index (χ3v) is 4.69. The predicted molar refractivity (Wildman–Crippen MR) is 66.2 cm³/mol. The van der Waals surface area contributed by atoms with Gasteiger partial charge in [0.2, 0.25) is 0 Å². The molecule has 0 bridgehead atoms. The Balaban J connectivity index is 2.00. The summed E-state index contributed by atoms with van der Waals surface area (Å²) in [4.78, 5) is 11.7. The van der Waals surface area contributed by atoms with Crippen molar-refractivity contribution in [1.82, 2.24) is 0 Å². The maximum absolute atomic E-state index is 11.7. The van der Waals surface area contributed by atoms with E-state index in [2.05, 4.69) is 19.7 Å². The van der Waals surface area contributed by atoms with Gasteiger partial charge in [0.05, 0.1) is 0 Å². The number of hydrogen-bond donors (Lipinski definition) is 0. The van der Waals surface area contributed by atoms with E-state index in [4.69, 9.17) is 4.74 Å².